The van der Waals surface area contributed by atoms with Crippen molar-refractivity contribution in [1.82, 2.24) is 10.3 Å². The maximum atomic E-state index is 12.4. The molecule has 0 spiro atoms. The smallest absolute Gasteiger partial charge is 0.252 e. The molecule has 1 aromatic heterocycles. The molecule has 0 radical (unpaired) electrons. The SMILES string of the molecule is O=C(NCC1CCOCC1)c1cc(Cl)nc2ccccc12. The first-order valence-corrected chi connectivity index (χ1v) is 7.53. The summed E-state index contributed by atoms with van der Waals surface area (Å²) in [7, 11) is 0. The van der Waals surface area contributed by atoms with Gasteiger partial charge in [-0.05, 0) is 30.9 Å². The van der Waals surface area contributed by atoms with E-state index in [0.29, 0.717) is 23.2 Å². The van der Waals surface area contributed by atoms with Crippen molar-refractivity contribution in [3.8, 4) is 0 Å². The fourth-order valence-corrected chi connectivity index (χ4v) is 2.81. The summed E-state index contributed by atoms with van der Waals surface area (Å²) in [6, 6.07) is 9.16. The van der Waals surface area contributed by atoms with Gasteiger partial charge in [-0.3, -0.25) is 4.79 Å². The van der Waals surface area contributed by atoms with Crippen LogP contribution in [-0.4, -0.2) is 30.6 Å². The van der Waals surface area contributed by atoms with Crippen molar-refractivity contribution in [2.45, 2.75) is 12.8 Å². The number of nitrogens with zero attached hydrogens (tertiary/aromatic N) is 1. The molecule has 4 nitrogen and oxygen atoms in total. The molecular weight excluding hydrogens is 288 g/mol. The second-order valence-electron chi connectivity index (χ2n) is 5.28. The van der Waals surface area contributed by atoms with E-state index in [4.69, 9.17) is 16.3 Å². The van der Waals surface area contributed by atoms with Crippen molar-refractivity contribution in [3.05, 3.63) is 41.0 Å². The summed E-state index contributed by atoms with van der Waals surface area (Å²) in [5.74, 6) is 0.397. The highest BCUT2D eigenvalue weighted by Gasteiger charge is 2.17. The van der Waals surface area contributed by atoms with Crippen molar-refractivity contribution in [2.24, 2.45) is 5.92 Å². The maximum absolute atomic E-state index is 12.4. The lowest BCUT2D eigenvalue weighted by molar-refractivity contribution is 0.0643. The number of carbonyl (C=O) groups excluding carboxylic acids is 1. The molecule has 110 valence electrons. The van der Waals surface area contributed by atoms with E-state index in [2.05, 4.69) is 10.3 Å². The van der Waals surface area contributed by atoms with Gasteiger partial charge in [-0.25, -0.2) is 4.98 Å². The number of para-hydroxylation sites is 1. The van der Waals surface area contributed by atoms with Crippen LogP contribution in [0.2, 0.25) is 5.15 Å². The molecule has 0 bridgehead atoms. The highest BCUT2D eigenvalue weighted by molar-refractivity contribution is 6.30. The van der Waals surface area contributed by atoms with E-state index in [9.17, 15) is 4.79 Å². The Morgan fingerprint density at radius 1 is 1.33 bits per heavy atom. The van der Waals surface area contributed by atoms with Crippen LogP contribution < -0.4 is 5.32 Å². The van der Waals surface area contributed by atoms with Gasteiger partial charge in [-0.15, -0.1) is 0 Å². The zero-order valence-electron chi connectivity index (χ0n) is 11.6. The molecule has 21 heavy (non-hydrogen) atoms. The summed E-state index contributed by atoms with van der Waals surface area (Å²) in [5.41, 5.74) is 1.32. The monoisotopic (exact) mass is 304 g/mol. The predicted octanol–water partition coefficient (Wildman–Crippen LogP) is 3.04. The van der Waals surface area contributed by atoms with Crippen LogP contribution in [0.5, 0.6) is 0 Å². The normalized spacial score (nSPS) is 16.0. The molecule has 3 rings (SSSR count). The average molecular weight is 305 g/mol. The van der Waals surface area contributed by atoms with Crippen LogP contribution >= 0.6 is 11.6 Å². The minimum Gasteiger partial charge on any atom is -0.381 e. The molecule has 1 fully saturated rings. The van der Waals surface area contributed by atoms with Crippen LogP contribution in [-0.2, 0) is 4.74 Å². The lowest BCUT2D eigenvalue weighted by Gasteiger charge is -2.22. The molecule has 5 heteroatoms. The third kappa shape index (κ3) is 3.34. The second-order valence-corrected chi connectivity index (χ2v) is 5.66. The van der Waals surface area contributed by atoms with E-state index < -0.39 is 0 Å². The van der Waals surface area contributed by atoms with Crippen molar-refractivity contribution >= 4 is 28.4 Å². The molecule has 1 aromatic carbocycles. The van der Waals surface area contributed by atoms with E-state index in [1.807, 2.05) is 24.3 Å². The number of hydrogen-bond acceptors (Lipinski definition) is 3. The quantitative estimate of drug-likeness (QED) is 0.887. The third-order valence-electron chi connectivity index (χ3n) is 3.82. The van der Waals surface area contributed by atoms with E-state index in [0.717, 1.165) is 37.0 Å². The molecule has 0 saturated carbocycles. The van der Waals surface area contributed by atoms with Gasteiger partial charge in [0.1, 0.15) is 5.15 Å². The fraction of sp³-hybridized carbons (Fsp3) is 0.375. The lowest BCUT2D eigenvalue weighted by atomic mass is 10.00. The Hall–Kier alpha value is -1.65. The topological polar surface area (TPSA) is 51.2 Å². The van der Waals surface area contributed by atoms with Gasteiger partial charge >= 0.3 is 0 Å². The summed E-state index contributed by atoms with van der Waals surface area (Å²) in [6.07, 6.45) is 2.00. The van der Waals surface area contributed by atoms with Gasteiger partial charge in [0.15, 0.2) is 0 Å². The van der Waals surface area contributed by atoms with Gasteiger partial charge in [-0.2, -0.15) is 0 Å². The Morgan fingerprint density at radius 3 is 2.90 bits per heavy atom. The van der Waals surface area contributed by atoms with Gasteiger partial charge < -0.3 is 10.1 Å². The van der Waals surface area contributed by atoms with Gasteiger partial charge in [-0.1, -0.05) is 29.8 Å². The lowest BCUT2D eigenvalue weighted by Crippen LogP contribution is -2.32. The summed E-state index contributed by atoms with van der Waals surface area (Å²) < 4.78 is 5.33. The molecular formula is C16H17ClN2O2. The summed E-state index contributed by atoms with van der Waals surface area (Å²) >= 11 is 6.01. The van der Waals surface area contributed by atoms with Crippen LogP contribution in [0.25, 0.3) is 10.9 Å². The van der Waals surface area contributed by atoms with Crippen LogP contribution in [0.15, 0.2) is 30.3 Å². The van der Waals surface area contributed by atoms with Gasteiger partial charge in [0.05, 0.1) is 11.1 Å². The Labute approximate surface area is 128 Å². The first kappa shape index (κ1) is 14.3. The number of carbonyl (C=O) groups is 1. The van der Waals surface area contributed by atoms with E-state index in [1.54, 1.807) is 6.07 Å². The molecule has 0 aliphatic carbocycles. The third-order valence-corrected chi connectivity index (χ3v) is 4.02. The highest BCUT2D eigenvalue weighted by Crippen LogP contribution is 2.21. The maximum Gasteiger partial charge on any atom is 0.252 e. The van der Waals surface area contributed by atoms with Crippen LogP contribution in [0.3, 0.4) is 0 Å². The number of benzene rings is 1. The Balaban J connectivity index is 1.77. The molecule has 2 aromatic rings. The van der Waals surface area contributed by atoms with E-state index in [-0.39, 0.29) is 5.91 Å². The zero-order valence-corrected chi connectivity index (χ0v) is 12.4. The zero-order chi connectivity index (χ0) is 14.7. The fourth-order valence-electron chi connectivity index (χ4n) is 2.61. The molecule has 1 saturated heterocycles. The molecule has 0 unspecified atom stereocenters. The van der Waals surface area contributed by atoms with E-state index >= 15 is 0 Å². The molecule has 0 atom stereocenters. The predicted molar refractivity (Wildman–Crippen MR) is 82.6 cm³/mol. The summed E-state index contributed by atoms with van der Waals surface area (Å²) in [6.45, 7) is 2.24. The summed E-state index contributed by atoms with van der Waals surface area (Å²) in [4.78, 5) is 16.7. The first-order chi connectivity index (χ1) is 10.2. The Morgan fingerprint density at radius 2 is 2.10 bits per heavy atom. The van der Waals surface area contributed by atoms with E-state index in [1.165, 1.54) is 0 Å². The van der Waals surface area contributed by atoms with Crippen LogP contribution in [0.4, 0.5) is 0 Å². The molecule has 1 aliphatic heterocycles. The molecule has 1 aliphatic rings. The van der Waals surface area contributed by atoms with Crippen molar-refractivity contribution < 1.29 is 9.53 Å². The highest BCUT2D eigenvalue weighted by atomic mass is 35.5. The second kappa shape index (κ2) is 6.41. The van der Waals surface area contributed by atoms with Crippen molar-refractivity contribution in [2.75, 3.05) is 19.8 Å². The van der Waals surface area contributed by atoms with Crippen LogP contribution in [0, 0.1) is 5.92 Å². The number of hydrogen-bond donors (Lipinski definition) is 1. The van der Waals surface area contributed by atoms with Gasteiger partial charge in [0.25, 0.3) is 5.91 Å². The summed E-state index contributed by atoms with van der Waals surface area (Å²) in [5, 5.41) is 4.17. The largest absolute Gasteiger partial charge is 0.381 e. The average Bonchev–Trinajstić information content (AvgIpc) is 2.52. The number of pyridine rings is 1. The van der Waals surface area contributed by atoms with Crippen molar-refractivity contribution in [1.29, 1.82) is 0 Å². The number of fused-ring (bicyclic) bond motifs is 1. The number of halogens is 1. The first-order valence-electron chi connectivity index (χ1n) is 7.15. The standard InChI is InChI=1S/C16H17ClN2O2/c17-15-9-13(12-3-1-2-4-14(12)19-15)16(20)18-10-11-5-7-21-8-6-11/h1-4,9,11H,5-8,10H2,(H,18,20). The Kier molecular flexibility index (Phi) is 4.36. The van der Waals surface area contributed by atoms with Crippen LogP contribution in [0.1, 0.15) is 23.2 Å². The number of amides is 1. The van der Waals surface area contributed by atoms with Gasteiger partial charge in [0, 0.05) is 25.1 Å². The molecule has 1 N–H and O–H groups in total. The minimum atomic E-state index is -0.0954. The number of ether oxygens (including phenoxy) is 1. The Bertz CT molecular complexity index is 654. The molecule has 2 heterocycles. The van der Waals surface area contributed by atoms with Gasteiger partial charge in [0.2, 0.25) is 0 Å². The number of aromatic nitrogens is 1. The molecule has 1 amide bonds. The number of rotatable bonds is 3. The van der Waals surface area contributed by atoms with Crippen molar-refractivity contribution in [3.63, 3.8) is 0 Å². The minimum absolute atomic E-state index is 0.0954. The number of nitrogens with one attached hydrogen (secondary N) is 1.